The summed E-state index contributed by atoms with van der Waals surface area (Å²) >= 11 is 5.80. The minimum atomic E-state index is -4.62. The second kappa shape index (κ2) is 10.00. The van der Waals surface area contributed by atoms with Crippen LogP contribution < -0.4 is 10.2 Å². The van der Waals surface area contributed by atoms with Crippen molar-refractivity contribution in [3.63, 3.8) is 0 Å². The van der Waals surface area contributed by atoms with Crippen molar-refractivity contribution in [3.05, 3.63) is 64.2 Å². The molecule has 1 amide bonds. The third kappa shape index (κ3) is 6.76. The first-order valence-electron chi connectivity index (χ1n) is 8.74. The lowest BCUT2D eigenvalue weighted by atomic mass is 10.1. The van der Waals surface area contributed by atoms with Gasteiger partial charge in [-0.05, 0) is 42.0 Å². The van der Waals surface area contributed by atoms with E-state index in [0.717, 1.165) is 17.8 Å². The van der Waals surface area contributed by atoms with Crippen LogP contribution in [0.15, 0.2) is 48.0 Å². The van der Waals surface area contributed by atoms with Crippen LogP contribution in [0.5, 0.6) is 0 Å². The van der Waals surface area contributed by atoms with Crippen molar-refractivity contribution < 1.29 is 27.5 Å². The summed E-state index contributed by atoms with van der Waals surface area (Å²) in [4.78, 5) is 25.9. The van der Waals surface area contributed by atoms with E-state index in [4.69, 9.17) is 16.3 Å². The van der Waals surface area contributed by atoms with Crippen LogP contribution in [0.4, 0.5) is 24.5 Å². The first-order valence-corrected chi connectivity index (χ1v) is 9.12. The molecule has 0 aliphatic heterocycles. The number of nitriles is 1. The Hall–Kier alpha value is -3.51. The summed E-state index contributed by atoms with van der Waals surface area (Å²) in [6, 6.07) is 11.1. The number of esters is 1. The highest BCUT2D eigenvalue weighted by molar-refractivity contribution is 6.33. The van der Waals surface area contributed by atoms with E-state index in [9.17, 15) is 28.0 Å². The quantitative estimate of drug-likeness (QED) is 0.397. The van der Waals surface area contributed by atoms with Gasteiger partial charge < -0.3 is 15.0 Å². The zero-order valence-electron chi connectivity index (χ0n) is 16.5. The maximum atomic E-state index is 12.8. The third-order valence-corrected chi connectivity index (χ3v) is 4.29. The van der Waals surface area contributed by atoms with Gasteiger partial charge in [0.2, 0.25) is 0 Å². The van der Waals surface area contributed by atoms with E-state index in [2.05, 4.69) is 5.32 Å². The van der Waals surface area contributed by atoms with Gasteiger partial charge in [0.25, 0.3) is 5.91 Å². The van der Waals surface area contributed by atoms with Gasteiger partial charge in [0.1, 0.15) is 11.6 Å². The molecule has 162 valence electrons. The molecule has 0 aromatic heterocycles. The zero-order chi connectivity index (χ0) is 23.2. The van der Waals surface area contributed by atoms with Gasteiger partial charge in [-0.3, -0.25) is 4.79 Å². The predicted molar refractivity (Wildman–Crippen MR) is 110 cm³/mol. The topological polar surface area (TPSA) is 82.4 Å². The molecule has 10 heteroatoms. The van der Waals surface area contributed by atoms with Crippen molar-refractivity contribution in [1.82, 2.24) is 0 Å². The number of alkyl halides is 3. The average Bonchev–Trinajstić information content (AvgIpc) is 2.71. The third-order valence-electron chi connectivity index (χ3n) is 3.96. The number of halogens is 4. The Kier molecular flexibility index (Phi) is 7.67. The Labute approximate surface area is 181 Å². The van der Waals surface area contributed by atoms with Crippen LogP contribution >= 0.6 is 11.6 Å². The summed E-state index contributed by atoms with van der Waals surface area (Å²) in [5, 5.41) is 11.2. The number of nitrogens with one attached hydrogen (secondary N) is 1. The van der Waals surface area contributed by atoms with E-state index in [1.807, 2.05) is 19.0 Å². The van der Waals surface area contributed by atoms with Crippen molar-refractivity contribution in [3.8, 4) is 6.07 Å². The highest BCUT2D eigenvalue weighted by Gasteiger charge is 2.31. The van der Waals surface area contributed by atoms with Gasteiger partial charge in [0.05, 0.1) is 16.3 Å². The first kappa shape index (κ1) is 23.8. The molecular formula is C21H17ClF3N3O3. The second-order valence-electron chi connectivity index (χ2n) is 6.47. The highest BCUT2D eigenvalue weighted by Crippen LogP contribution is 2.33. The van der Waals surface area contributed by atoms with Crippen molar-refractivity contribution in [2.45, 2.75) is 6.18 Å². The van der Waals surface area contributed by atoms with E-state index in [0.29, 0.717) is 11.6 Å². The van der Waals surface area contributed by atoms with Gasteiger partial charge in [0.15, 0.2) is 6.61 Å². The summed E-state index contributed by atoms with van der Waals surface area (Å²) in [6.45, 7) is -0.815. The number of anilines is 2. The molecule has 0 aliphatic rings. The smallest absolute Gasteiger partial charge is 0.416 e. The number of carbonyl (C=O) groups excluding carboxylic acids is 2. The molecule has 0 saturated carbocycles. The lowest BCUT2D eigenvalue weighted by molar-refractivity contribution is -0.142. The van der Waals surface area contributed by atoms with Gasteiger partial charge in [-0.25, -0.2) is 4.79 Å². The van der Waals surface area contributed by atoms with Gasteiger partial charge in [-0.15, -0.1) is 0 Å². The SMILES string of the molecule is CN(C)c1ccc(/C=C(\C#N)C(=O)OCC(=O)Nc2cc(C(F)(F)F)ccc2Cl)cc1. The number of ether oxygens (including phenoxy) is 1. The fourth-order valence-electron chi connectivity index (χ4n) is 2.36. The summed E-state index contributed by atoms with van der Waals surface area (Å²) < 4.78 is 43.2. The summed E-state index contributed by atoms with van der Waals surface area (Å²) in [5.74, 6) is -1.97. The maximum Gasteiger partial charge on any atom is 0.416 e. The molecule has 1 N–H and O–H groups in total. The standard InChI is InChI=1S/C21H17ClF3N3O3/c1-28(2)16-6-3-13(4-7-16)9-14(11-26)20(30)31-12-19(29)27-18-10-15(21(23,24)25)5-8-17(18)22/h3-10H,12H2,1-2H3,(H,27,29)/b14-9+. The molecule has 0 spiro atoms. The molecular weight excluding hydrogens is 435 g/mol. The average molecular weight is 452 g/mol. The van der Waals surface area contributed by atoms with Crippen molar-refractivity contribution in [1.29, 1.82) is 5.26 Å². The Morgan fingerprint density at radius 3 is 2.39 bits per heavy atom. The van der Waals surface area contributed by atoms with Crippen molar-refractivity contribution >= 4 is 40.9 Å². The lowest BCUT2D eigenvalue weighted by Gasteiger charge is -2.12. The molecule has 2 aromatic rings. The molecule has 0 unspecified atom stereocenters. The maximum absolute atomic E-state index is 12.8. The molecule has 0 bridgehead atoms. The van der Waals surface area contributed by atoms with Crippen LogP contribution in [0.25, 0.3) is 6.08 Å². The molecule has 6 nitrogen and oxygen atoms in total. The van der Waals surface area contributed by atoms with Crippen LogP contribution in [0.1, 0.15) is 11.1 Å². The van der Waals surface area contributed by atoms with Crippen LogP contribution in [0, 0.1) is 11.3 Å². The largest absolute Gasteiger partial charge is 0.451 e. The number of benzene rings is 2. The van der Waals surface area contributed by atoms with E-state index in [1.165, 1.54) is 6.08 Å². The minimum Gasteiger partial charge on any atom is -0.451 e. The number of carbonyl (C=O) groups is 2. The molecule has 2 aromatic carbocycles. The fraction of sp³-hybridized carbons (Fsp3) is 0.190. The number of hydrogen-bond acceptors (Lipinski definition) is 5. The Morgan fingerprint density at radius 1 is 1.19 bits per heavy atom. The fourth-order valence-corrected chi connectivity index (χ4v) is 2.53. The van der Waals surface area contributed by atoms with Crippen LogP contribution in [0.3, 0.4) is 0 Å². The molecule has 0 atom stereocenters. The van der Waals surface area contributed by atoms with Gasteiger partial charge >= 0.3 is 12.1 Å². The molecule has 2 rings (SSSR count). The highest BCUT2D eigenvalue weighted by atomic mass is 35.5. The molecule has 0 aliphatic carbocycles. The molecule has 0 radical (unpaired) electrons. The Morgan fingerprint density at radius 2 is 1.84 bits per heavy atom. The van der Waals surface area contributed by atoms with Crippen LogP contribution in [-0.4, -0.2) is 32.6 Å². The molecule has 0 heterocycles. The predicted octanol–water partition coefficient (Wildman–Crippen LogP) is 4.51. The minimum absolute atomic E-state index is 0.119. The van der Waals surface area contributed by atoms with Gasteiger partial charge in [-0.1, -0.05) is 23.7 Å². The van der Waals surface area contributed by atoms with E-state index < -0.39 is 30.2 Å². The van der Waals surface area contributed by atoms with E-state index >= 15 is 0 Å². The van der Waals surface area contributed by atoms with E-state index in [1.54, 1.807) is 30.3 Å². The molecule has 0 fully saturated rings. The van der Waals surface area contributed by atoms with Crippen LogP contribution in [-0.2, 0) is 20.5 Å². The number of hydrogen-bond donors (Lipinski definition) is 1. The van der Waals surface area contributed by atoms with E-state index in [-0.39, 0.29) is 16.3 Å². The van der Waals surface area contributed by atoms with Crippen LogP contribution in [0.2, 0.25) is 5.02 Å². The van der Waals surface area contributed by atoms with Gasteiger partial charge in [-0.2, -0.15) is 18.4 Å². The molecule has 31 heavy (non-hydrogen) atoms. The van der Waals surface area contributed by atoms with Crippen molar-refractivity contribution in [2.24, 2.45) is 0 Å². The Bertz CT molecular complexity index is 1040. The second-order valence-corrected chi connectivity index (χ2v) is 6.88. The number of nitrogens with zero attached hydrogens (tertiary/aromatic N) is 2. The number of amides is 1. The lowest BCUT2D eigenvalue weighted by Crippen LogP contribution is -2.22. The van der Waals surface area contributed by atoms with Crippen molar-refractivity contribution in [2.75, 3.05) is 30.9 Å². The number of rotatable bonds is 6. The first-order chi connectivity index (χ1) is 14.5. The normalized spacial score (nSPS) is 11.5. The molecule has 0 saturated heterocycles. The summed E-state index contributed by atoms with van der Waals surface area (Å²) in [6.07, 6.45) is -3.32. The monoisotopic (exact) mass is 451 g/mol. The van der Waals surface area contributed by atoms with Gasteiger partial charge in [0, 0.05) is 19.8 Å². The zero-order valence-corrected chi connectivity index (χ0v) is 17.2. The summed E-state index contributed by atoms with van der Waals surface area (Å²) in [5.41, 5.74) is -0.140. The summed E-state index contributed by atoms with van der Waals surface area (Å²) in [7, 11) is 3.72. The Balaban J connectivity index is 2.02.